The van der Waals surface area contributed by atoms with E-state index in [2.05, 4.69) is 179 Å². The average Bonchev–Trinajstić information content (AvgIpc) is 1.59. The predicted octanol–water partition coefficient (Wildman–Crippen LogP) is 23.4. The Morgan fingerprint density at radius 2 is 0.716 bits per heavy atom. The van der Waals surface area contributed by atoms with Gasteiger partial charge in [0.15, 0.2) is 34.9 Å². The molecule has 476 valence electrons. The van der Waals surface area contributed by atoms with E-state index in [1.54, 1.807) is 0 Å². The summed E-state index contributed by atoms with van der Waals surface area (Å²) in [4.78, 5) is 29.6. The van der Waals surface area contributed by atoms with Crippen LogP contribution in [-0.2, 0) is 0 Å². The number of fused-ring (bicyclic) bond motifs is 12. The van der Waals surface area contributed by atoms with E-state index < -0.39 is 0 Å². The molecular formula is C91H55N9OS. The smallest absolute Gasteiger partial charge is 0.164 e. The van der Waals surface area contributed by atoms with Crippen LogP contribution in [0.15, 0.2) is 338 Å². The van der Waals surface area contributed by atoms with Gasteiger partial charge in [0.2, 0.25) is 0 Å². The molecule has 0 amide bonds. The van der Waals surface area contributed by atoms with E-state index in [0.29, 0.717) is 40.5 Å². The van der Waals surface area contributed by atoms with E-state index in [-0.39, 0.29) is 0 Å². The van der Waals surface area contributed by atoms with Crippen LogP contribution >= 0.6 is 11.3 Å². The van der Waals surface area contributed by atoms with E-state index in [4.69, 9.17) is 34.3 Å². The Bertz CT molecular complexity index is 6580. The maximum absolute atomic E-state index is 9.83. The molecule has 0 N–H and O–H groups in total. The fourth-order valence-corrected chi connectivity index (χ4v) is 15.6. The van der Waals surface area contributed by atoms with Gasteiger partial charge in [-0.15, -0.1) is 11.3 Å². The molecule has 0 aliphatic rings. The van der Waals surface area contributed by atoms with Crippen LogP contribution in [0, 0.1) is 11.3 Å². The average molecular weight is 1320 g/mol. The lowest BCUT2D eigenvalue weighted by molar-refractivity contribution is 0.670. The Morgan fingerprint density at radius 1 is 0.275 bits per heavy atom. The lowest BCUT2D eigenvalue weighted by Crippen LogP contribution is -2.01. The second-order valence-electron chi connectivity index (χ2n) is 25.2. The van der Waals surface area contributed by atoms with E-state index >= 15 is 0 Å². The van der Waals surface area contributed by atoms with Crippen LogP contribution in [0.25, 0.3) is 188 Å². The van der Waals surface area contributed by atoms with Crippen molar-refractivity contribution in [3.8, 4) is 108 Å². The van der Waals surface area contributed by atoms with Crippen LogP contribution in [0.4, 0.5) is 0 Å². The minimum atomic E-state index is 0.583. The Kier molecular flexibility index (Phi) is 14.5. The highest BCUT2D eigenvalue weighted by Gasteiger charge is 2.22. The van der Waals surface area contributed by atoms with Crippen molar-refractivity contribution in [3.63, 3.8) is 0 Å². The fourth-order valence-electron chi connectivity index (χ4n) is 14.3. The van der Waals surface area contributed by atoms with E-state index in [1.807, 2.05) is 181 Å². The highest BCUT2D eigenvalue weighted by molar-refractivity contribution is 7.26. The summed E-state index contributed by atoms with van der Waals surface area (Å²) in [5.74, 6) is 3.76. The zero-order chi connectivity index (χ0) is 67.6. The molecule has 0 aliphatic carbocycles. The third-order valence-corrected chi connectivity index (χ3v) is 20.4. The fraction of sp³-hybridized carbons (Fsp3) is 0. The summed E-state index contributed by atoms with van der Waals surface area (Å²) in [6.07, 6.45) is 0. The largest absolute Gasteiger partial charge is 0.455 e. The number of thiophene rings is 1. The van der Waals surface area contributed by atoms with E-state index in [9.17, 15) is 5.26 Å². The van der Waals surface area contributed by atoms with Gasteiger partial charge in [-0.2, -0.15) is 5.26 Å². The lowest BCUT2D eigenvalue weighted by Gasteiger charge is -2.12. The van der Waals surface area contributed by atoms with Gasteiger partial charge in [-0.3, -0.25) is 0 Å². The first-order chi connectivity index (χ1) is 50.5. The second-order valence-corrected chi connectivity index (χ2v) is 26.3. The van der Waals surface area contributed by atoms with Crippen molar-refractivity contribution in [2.75, 3.05) is 0 Å². The molecular weight excluding hydrogens is 1270 g/mol. The Balaban J connectivity index is 0.000000141. The first-order valence-corrected chi connectivity index (χ1v) is 34.6. The van der Waals surface area contributed by atoms with Crippen LogP contribution < -0.4 is 0 Å². The minimum absolute atomic E-state index is 0.583. The third-order valence-electron chi connectivity index (χ3n) is 19.1. The zero-order valence-electron chi connectivity index (χ0n) is 54.6. The van der Waals surface area contributed by atoms with Gasteiger partial charge in [0.25, 0.3) is 0 Å². The van der Waals surface area contributed by atoms with Gasteiger partial charge >= 0.3 is 0 Å². The van der Waals surface area contributed by atoms with Crippen molar-refractivity contribution in [2.24, 2.45) is 0 Å². The lowest BCUT2D eigenvalue weighted by atomic mass is 10.0. The van der Waals surface area contributed by atoms with Gasteiger partial charge < -0.3 is 13.6 Å². The zero-order valence-corrected chi connectivity index (χ0v) is 55.4. The van der Waals surface area contributed by atoms with Gasteiger partial charge in [-0.25, -0.2) is 29.9 Å². The second kappa shape index (κ2) is 24.9. The summed E-state index contributed by atoms with van der Waals surface area (Å²) < 4.78 is 13.7. The van der Waals surface area contributed by atoms with Crippen LogP contribution in [0.3, 0.4) is 0 Å². The highest BCUT2D eigenvalue weighted by Crippen LogP contribution is 2.44. The normalized spacial score (nSPS) is 11.5. The summed E-state index contributed by atoms with van der Waals surface area (Å²) in [7, 11) is 0. The SMILES string of the molecule is N#Cc1ccc2c(c1)c1ccc(-c3cccc4c3oc3ccccc34)cc1n2-c1cccc(-c2nc(-c3ccccc3)nc(-c3ccccc3)n2)c1.c1ccc(-c2nc(-c3ccccc3)nc(-c3ccc(-n4c5ccccc5c5cc(-c6cccc7c6sc6ccccc67)ccc54)cc3)n2)cc1. The first-order valence-electron chi connectivity index (χ1n) is 33.8. The maximum Gasteiger partial charge on any atom is 0.164 e. The standard InChI is InChI=1S/C46H27N5O.C45H28N4S/c47-28-29-21-24-40-39(25-29)36-23-22-32(35-18-10-19-38-37-17-7-8-20-42(37)52-43(35)38)27-41(36)51(40)34-16-9-15-33(26-34)46-49-44(30-11-3-1-4-12-30)48-45(50-46)31-13-5-2-6-14-31;1-3-12-29(13-4-1)43-46-44(30-14-5-2-6-15-30)48-45(47-43)31-22-25-33(26-23-31)49-39-20-9-7-16-35(39)38-28-32(24-27-40(38)49)34-18-11-19-37-36-17-8-10-21-41(36)50-42(34)37/h1-27H;1-28H. The van der Waals surface area contributed by atoms with Crippen LogP contribution in [0.1, 0.15) is 5.56 Å². The van der Waals surface area contributed by atoms with Crippen molar-refractivity contribution >= 4 is 97.1 Å². The van der Waals surface area contributed by atoms with Crippen molar-refractivity contribution < 1.29 is 4.42 Å². The van der Waals surface area contributed by atoms with Gasteiger partial charge in [0.1, 0.15) is 11.2 Å². The van der Waals surface area contributed by atoms with Gasteiger partial charge in [0, 0.05) is 103 Å². The Hall–Kier alpha value is -13.8. The molecule has 0 saturated carbocycles. The molecule has 0 saturated heterocycles. The van der Waals surface area contributed by atoms with Gasteiger partial charge in [0.05, 0.1) is 33.7 Å². The number of para-hydroxylation sites is 3. The summed E-state index contributed by atoms with van der Waals surface area (Å²) in [5.41, 5.74) is 18.8. The number of nitrogens with zero attached hydrogens (tertiary/aromatic N) is 9. The molecule has 0 radical (unpaired) electrons. The monoisotopic (exact) mass is 1320 g/mol. The van der Waals surface area contributed by atoms with E-state index in [0.717, 1.165) is 99.6 Å². The van der Waals surface area contributed by atoms with Crippen LogP contribution in [0.2, 0.25) is 0 Å². The number of benzene rings is 14. The molecule has 20 rings (SSSR count). The molecule has 10 nitrogen and oxygen atoms in total. The molecule has 11 heteroatoms. The number of furan rings is 1. The number of nitriles is 1. The molecule has 14 aromatic carbocycles. The summed E-state index contributed by atoms with van der Waals surface area (Å²) in [6, 6.07) is 117. The molecule has 0 fully saturated rings. The number of hydrogen-bond acceptors (Lipinski definition) is 9. The molecule has 6 heterocycles. The van der Waals surface area contributed by atoms with Crippen molar-refractivity contribution in [1.82, 2.24) is 39.0 Å². The van der Waals surface area contributed by atoms with Gasteiger partial charge in [-0.05, 0) is 108 Å². The third kappa shape index (κ3) is 10.5. The summed E-state index contributed by atoms with van der Waals surface area (Å²) in [5, 5.41) is 19.2. The topological polar surface area (TPSA) is 124 Å². The molecule has 0 bridgehead atoms. The van der Waals surface area contributed by atoms with Gasteiger partial charge in [-0.1, -0.05) is 243 Å². The van der Waals surface area contributed by atoms with Crippen LogP contribution in [0.5, 0.6) is 0 Å². The molecule has 102 heavy (non-hydrogen) atoms. The minimum Gasteiger partial charge on any atom is -0.455 e. The number of hydrogen-bond donors (Lipinski definition) is 0. The van der Waals surface area contributed by atoms with E-state index in [1.165, 1.54) is 53.1 Å². The quantitative estimate of drug-likeness (QED) is 0.133. The Morgan fingerprint density at radius 3 is 1.35 bits per heavy atom. The molecule has 0 atom stereocenters. The Labute approximate surface area is 589 Å². The number of rotatable bonds is 10. The number of aromatic nitrogens is 8. The highest BCUT2D eigenvalue weighted by atomic mass is 32.1. The predicted molar refractivity (Wildman–Crippen MR) is 417 cm³/mol. The van der Waals surface area contributed by atoms with Crippen molar-refractivity contribution in [2.45, 2.75) is 0 Å². The van der Waals surface area contributed by atoms with Crippen molar-refractivity contribution in [3.05, 3.63) is 339 Å². The molecule has 0 aliphatic heterocycles. The molecule has 0 unspecified atom stereocenters. The molecule has 20 aromatic rings. The van der Waals surface area contributed by atoms with Crippen LogP contribution in [-0.4, -0.2) is 39.0 Å². The maximum atomic E-state index is 9.83. The summed E-state index contributed by atoms with van der Waals surface area (Å²) >= 11 is 1.87. The molecule has 6 aromatic heterocycles. The van der Waals surface area contributed by atoms with Crippen molar-refractivity contribution in [1.29, 1.82) is 5.26 Å². The molecule has 0 spiro atoms. The first kappa shape index (κ1) is 59.5. The summed E-state index contributed by atoms with van der Waals surface area (Å²) in [6.45, 7) is 0.